The van der Waals surface area contributed by atoms with Crippen LogP contribution in [0.3, 0.4) is 0 Å². The van der Waals surface area contributed by atoms with Crippen LogP contribution in [0.4, 0.5) is 0 Å². The number of carbonyl (C=O) groups is 1. The second-order valence-corrected chi connectivity index (χ2v) is 5.86. The van der Waals surface area contributed by atoms with E-state index in [-0.39, 0.29) is 12.5 Å². The monoisotopic (exact) mass is 273 g/mol. The number of carboxylic acid groups (broad SMARTS) is 1. The number of aliphatic carboxylic acids is 1. The van der Waals surface area contributed by atoms with Gasteiger partial charge in [0.25, 0.3) is 0 Å². The molecule has 0 atom stereocenters. The second kappa shape index (κ2) is 7.82. The minimum Gasteiger partial charge on any atom is -0.481 e. The number of carboxylic acids is 1. The average molecular weight is 273 g/mol. The summed E-state index contributed by atoms with van der Waals surface area (Å²) in [4.78, 5) is 13.0. The van der Waals surface area contributed by atoms with Gasteiger partial charge in [0.2, 0.25) is 0 Å². The molecule has 19 heavy (non-hydrogen) atoms. The van der Waals surface area contributed by atoms with Crippen LogP contribution in [0.2, 0.25) is 0 Å². The zero-order valence-corrected chi connectivity index (χ0v) is 11.8. The lowest BCUT2D eigenvalue weighted by molar-refractivity contribution is -0.145. The molecule has 0 heterocycles. The first-order valence-corrected chi connectivity index (χ1v) is 7.21. The van der Waals surface area contributed by atoms with E-state index in [0.717, 1.165) is 25.8 Å². The van der Waals surface area contributed by atoms with Crippen LogP contribution in [0, 0.1) is 5.92 Å². The van der Waals surface area contributed by atoms with Crippen molar-refractivity contribution in [2.45, 2.75) is 50.5 Å². The first-order valence-electron chi connectivity index (χ1n) is 7.21. The summed E-state index contributed by atoms with van der Waals surface area (Å²) in [6, 6.07) is 0. The molecule has 0 saturated heterocycles. The average Bonchev–Trinajstić information content (AvgIpc) is 2.34. The van der Waals surface area contributed by atoms with Gasteiger partial charge in [0.1, 0.15) is 0 Å². The largest absolute Gasteiger partial charge is 0.481 e. The molecule has 0 amide bonds. The number of likely N-dealkylation sites (N-methyl/N-ethyl adjacent to an activating group) is 1. The third-order valence-electron chi connectivity index (χ3n) is 4.03. The van der Waals surface area contributed by atoms with Crippen LogP contribution >= 0.6 is 0 Å². The lowest BCUT2D eigenvalue weighted by atomic mass is 9.78. The Balaban J connectivity index is 2.25. The molecule has 1 aliphatic carbocycles. The summed E-state index contributed by atoms with van der Waals surface area (Å²) < 4.78 is 0. The van der Waals surface area contributed by atoms with E-state index >= 15 is 0 Å². The molecule has 112 valence electrons. The van der Waals surface area contributed by atoms with E-state index in [1.165, 1.54) is 0 Å². The van der Waals surface area contributed by atoms with Crippen LogP contribution in [-0.2, 0) is 4.79 Å². The van der Waals surface area contributed by atoms with Crippen molar-refractivity contribution in [2.75, 3.05) is 26.7 Å². The van der Waals surface area contributed by atoms with Crippen molar-refractivity contribution in [2.24, 2.45) is 5.92 Å². The summed E-state index contributed by atoms with van der Waals surface area (Å²) in [7, 11) is 1.99. The summed E-state index contributed by atoms with van der Waals surface area (Å²) in [5.41, 5.74) is -0.725. The first kappa shape index (κ1) is 16.4. The molecule has 1 saturated carbocycles. The Morgan fingerprint density at radius 1 is 1.26 bits per heavy atom. The van der Waals surface area contributed by atoms with Crippen molar-refractivity contribution in [1.29, 1.82) is 0 Å². The van der Waals surface area contributed by atoms with Gasteiger partial charge in [0, 0.05) is 13.2 Å². The van der Waals surface area contributed by atoms with Crippen LogP contribution in [0.15, 0.2) is 0 Å². The minimum absolute atomic E-state index is 0.240. The molecule has 1 rings (SSSR count). The van der Waals surface area contributed by atoms with E-state index in [0.29, 0.717) is 32.2 Å². The van der Waals surface area contributed by atoms with Gasteiger partial charge < -0.3 is 20.2 Å². The summed E-state index contributed by atoms with van der Waals surface area (Å²) in [5.74, 6) is -1.02. The van der Waals surface area contributed by atoms with Gasteiger partial charge in [-0.1, -0.05) is 0 Å². The fourth-order valence-corrected chi connectivity index (χ4v) is 2.81. The molecule has 1 fully saturated rings. The van der Waals surface area contributed by atoms with Crippen LogP contribution in [0.25, 0.3) is 0 Å². The standard InChI is InChI=1S/C14H27NO4/c1-15(9-3-2-4-10-16)11-14(19)7-5-12(6-8-14)13(17)18/h12,16,19H,2-11H2,1H3,(H,17,18). The van der Waals surface area contributed by atoms with E-state index in [4.69, 9.17) is 10.2 Å². The van der Waals surface area contributed by atoms with Crippen molar-refractivity contribution in [1.82, 2.24) is 4.90 Å². The lowest BCUT2D eigenvalue weighted by Crippen LogP contribution is -2.45. The maximum atomic E-state index is 10.9. The molecular formula is C14H27NO4. The number of rotatable bonds is 8. The van der Waals surface area contributed by atoms with Crippen LogP contribution < -0.4 is 0 Å². The molecule has 0 unspecified atom stereocenters. The van der Waals surface area contributed by atoms with Gasteiger partial charge in [0.05, 0.1) is 11.5 Å². The quantitative estimate of drug-likeness (QED) is 0.577. The lowest BCUT2D eigenvalue weighted by Gasteiger charge is -2.37. The maximum absolute atomic E-state index is 10.9. The van der Waals surface area contributed by atoms with E-state index in [2.05, 4.69) is 4.90 Å². The highest BCUT2D eigenvalue weighted by atomic mass is 16.4. The Morgan fingerprint density at radius 3 is 2.42 bits per heavy atom. The summed E-state index contributed by atoms with van der Waals surface area (Å²) >= 11 is 0. The zero-order chi connectivity index (χ0) is 14.3. The van der Waals surface area contributed by atoms with E-state index in [9.17, 15) is 9.90 Å². The fourth-order valence-electron chi connectivity index (χ4n) is 2.81. The van der Waals surface area contributed by atoms with Gasteiger partial charge >= 0.3 is 5.97 Å². The molecule has 5 heteroatoms. The maximum Gasteiger partial charge on any atom is 0.306 e. The van der Waals surface area contributed by atoms with Crippen LogP contribution in [0.1, 0.15) is 44.9 Å². The summed E-state index contributed by atoms with van der Waals surface area (Å²) in [5, 5.41) is 28.1. The molecule has 0 spiro atoms. The normalized spacial score (nSPS) is 27.7. The highest BCUT2D eigenvalue weighted by molar-refractivity contribution is 5.70. The molecule has 0 bridgehead atoms. The summed E-state index contributed by atoms with van der Waals surface area (Å²) in [6.07, 6.45) is 5.15. The van der Waals surface area contributed by atoms with Crippen molar-refractivity contribution >= 4 is 5.97 Å². The number of aliphatic hydroxyl groups is 2. The third kappa shape index (κ3) is 5.89. The summed E-state index contributed by atoms with van der Waals surface area (Å²) in [6.45, 7) is 1.76. The Labute approximate surface area is 115 Å². The number of aliphatic hydroxyl groups excluding tert-OH is 1. The molecule has 0 aromatic heterocycles. The van der Waals surface area contributed by atoms with E-state index < -0.39 is 11.6 Å². The number of nitrogens with zero attached hydrogens (tertiary/aromatic N) is 1. The molecule has 3 N–H and O–H groups in total. The second-order valence-electron chi connectivity index (χ2n) is 5.86. The predicted octanol–water partition coefficient (Wildman–Crippen LogP) is 1.09. The molecule has 0 aromatic carbocycles. The SMILES string of the molecule is CN(CCCCCO)CC1(O)CCC(C(=O)O)CC1. The van der Waals surface area contributed by atoms with Gasteiger partial charge in [-0.2, -0.15) is 0 Å². The van der Waals surface area contributed by atoms with Gasteiger partial charge in [-0.05, 0) is 58.5 Å². The molecule has 0 radical (unpaired) electrons. The highest BCUT2D eigenvalue weighted by Gasteiger charge is 2.36. The Bertz CT molecular complexity index is 275. The van der Waals surface area contributed by atoms with Crippen LogP contribution in [-0.4, -0.2) is 58.5 Å². The van der Waals surface area contributed by atoms with Gasteiger partial charge in [-0.25, -0.2) is 0 Å². The number of hydrogen-bond acceptors (Lipinski definition) is 4. The zero-order valence-electron chi connectivity index (χ0n) is 11.8. The Hall–Kier alpha value is -0.650. The number of unbranched alkanes of at least 4 members (excludes halogenated alkanes) is 2. The third-order valence-corrected chi connectivity index (χ3v) is 4.03. The highest BCUT2D eigenvalue weighted by Crippen LogP contribution is 2.32. The first-order chi connectivity index (χ1) is 8.97. The topological polar surface area (TPSA) is 81.0 Å². The van der Waals surface area contributed by atoms with E-state index in [1.807, 2.05) is 7.05 Å². The molecular weight excluding hydrogens is 246 g/mol. The van der Waals surface area contributed by atoms with Gasteiger partial charge in [-0.3, -0.25) is 4.79 Å². The van der Waals surface area contributed by atoms with Crippen molar-refractivity contribution < 1.29 is 20.1 Å². The smallest absolute Gasteiger partial charge is 0.306 e. The molecule has 1 aliphatic rings. The van der Waals surface area contributed by atoms with E-state index in [1.54, 1.807) is 0 Å². The minimum atomic E-state index is -0.737. The van der Waals surface area contributed by atoms with Gasteiger partial charge in [0.15, 0.2) is 0 Å². The van der Waals surface area contributed by atoms with Crippen molar-refractivity contribution in [3.05, 3.63) is 0 Å². The molecule has 0 aliphatic heterocycles. The van der Waals surface area contributed by atoms with Crippen molar-refractivity contribution in [3.8, 4) is 0 Å². The van der Waals surface area contributed by atoms with Crippen LogP contribution in [0.5, 0.6) is 0 Å². The van der Waals surface area contributed by atoms with Gasteiger partial charge in [-0.15, -0.1) is 0 Å². The van der Waals surface area contributed by atoms with Crippen molar-refractivity contribution in [3.63, 3.8) is 0 Å². The Kier molecular flexibility index (Phi) is 6.75. The fraction of sp³-hybridized carbons (Fsp3) is 0.929. The molecule has 0 aromatic rings. The predicted molar refractivity (Wildman–Crippen MR) is 73.0 cm³/mol. The Morgan fingerprint density at radius 2 is 1.89 bits per heavy atom. The molecule has 5 nitrogen and oxygen atoms in total. The number of hydrogen-bond donors (Lipinski definition) is 3.